The van der Waals surface area contributed by atoms with E-state index in [-0.39, 0.29) is 17.9 Å². The minimum atomic E-state index is -0.0993. The molecule has 0 unspecified atom stereocenters. The molecule has 3 aromatic rings. The highest BCUT2D eigenvalue weighted by molar-refractivity contribution is 7.14. The summed E-state index contributed by atoms with van der Waals surface area (Å²) in [5.74, 6) is 0.449. The molecule has 0 aliphatic carbocycles. The van der Waals surface area contributed by atoms with Crippen molar-refractivity contribution in [2.75, 3.05) is 13.6 Å². The Bertz CT molecular complexity index is 966. The van der Waals surface area contributed by atoms with Crippen LogP contribution >= 0.6 is 11.3 Å². The number of H-pyrrole nitrogens is 1. The Hall–Kier alpha value is -3.00. The van der Waals surface area contributed by atoms with Crippen LogP contribution in [0.2, 0.25) is 0 Å². The van der Waals surface area contributed by atoms with Crippen molar-refractivity contribution in [3.63, 3.8) is 0 Å². The van der Waals surface area contributed by atoms with E-state index in [0.717, 1.165) is 23.3 Å². The second-order valence-corrected chi connectivity index (χ2v) is 7.43. The number of benzene rings is 1. The first-order chi connectivity index (χ1) is 13.2. The van der Waals surface area contributed by atoms with Crippen molar-refractivity contribution in [2.45, 2.75) is 18.9 Å². The maximum atomic E-state index is 13.3. The second-order valence-electron chi connectivity index (χ2n) is 6.32. The Morgan fingerprint density at radius 1 is 1.26 bits per heavy atom. The van der Waals surface area contributed by atoms with Crippen LogP contribution in [0.4, 0.5) is 0 Å². The Morgan fingerprint density at radius 3 is 2.89 bits per heavy atom. The van der Waals surface area contributed by atoms with Crippen molar-refractivity contribution >= 4 is 23.2 Å². The molecular weight excluding hydrogens is 362 g/mol. The van der Waals surface area contributed by atoms with Gasteiger partial charge in [-0.3, -0.25) is 14.7 Å². The van der Waals surface area contributed by atoms with E-state index in [1.165, 1.54) is 17.7 Å². The Labute approximate surface area is 160 Å². The van der Waals surface area contributed by atoms with Crippen molar-refractivity contribution in [3.05, 3.63) is 58.0 Å². The lowest BCUT2D eigenvalue weighted by atomic mass is 10.0. The highest BCUT2D eigenvalue weighted by Gasteiger charge is 2.33. The van der Waals surface area contributed by atoms with Gasteiger partial charge in [0.1, 0.15) is 6.33 Å². The van der Waals surface area contributed by atoms with Gasteiger partial charge >= 0.3 is 0 Å². The van der Waals surface area contributed by atoms with Gasteiger partial charge in [-0.15, -0.1) is 11.3 Å². The molecule has 7 nitrogen and oxygen atoms in total. The summed E-state index contributed by atoms with van der Waals surface area (Å²) in [6.45, 7) is 0.696. The predicted molar refractivity (Wildman–Crippen MR) is 103 cm³/mol. The molecule has 138 valence electrons. The summed E-state index contributed by atoms with van der Waals surface area (Å²) in [5, 5.41) is 9.36. The first kappa shape index (κ1) is 17.4. The number of hydrogen-bond donors (Lipinski definition) is 2. The van der Waals surface area contributed by atoms with Gasteiger partial charge in [-0.2, -0.15) is 5.10 Å². The Balaban J connectivity index is 1.64. The number of nitrogens with zero attached hydrogens (tertiary/aromatic N) is 3. The van der Waals surface area contributed by atoms with Gasteiger partial charge < -0.3 is 10.2 Å². The first-order valence-electron chi connectivity index (χ1n) is 8.76. The highest BCUT2D eigenvalue weighted by atomic mass is 32.1. The van der Waals surface area contributed by atoms with Crippen LogP contribution in [0.15, 0.2) is 42.7 Å². The molecule has 3 heterocycles. The zero-order valence-electron chi connectivity index (χ0n) is 14.8. The van der Waals surface area contributed by atoms with Crippen molar-refractivity contribution in [2.24, 2.45) is 0 Å². The van der Waals surface area contributed by atoms with E-state index in [9.17, 15) is 9.59 Å². The number of likely N-dealkylation sites (tertiary alicyclic amines) is 1. The van der Waals surface area contributed by atoms with E-state index >= 15 is 0 Å². The lowest BCUT2D eigenvalue weighted by Gasteiger charge is -2.24. The van der Waals surface area contributed by atoms with Gasteiger partial charge in [-0.1, -0.05) is 18.2 Å². The molecule has 1 aromatic carbocycles. The smallest absolute Gasteiger partial charge is 0.261 e. The molecule has 1 aliphatic heterocycles. The molecule has 1 atom stereocenters. The lowest BCUT2D eigenvalue weighted by molar-refractivity contribution is 0.0738. The zero-order chi connectivity index (χ0) is 18.8. The molecule has 1 fully saturated rings. The zero-order valence-corrected chi connectivity index (χ0v) is 15.6. The number of thiophene rings is 1. The average Bonchev–Trinajstić information content (AvgIpc) is 3.47. The number of carbonyl (C=O) groups excluding carboxylic acids is 2. The van der Waals surface area contributed by atoms with Crippen LogP contribution in [0, 0.1) is 0 Å². The molecule has 27 heavy (non-hydrogen) atoms. The van der Waals surface area contributed by atoms with Gasteiger partial charge in [-0.05, 0) is 31.0 Å². The van der Waals surface area contributed by atoms with Crippen molar-refractivity contribution < 1.29 is 9.59 Å². The molecule has 0 bridgehead atoms. The van der Waals surface area contributed by atoms with Crippen molar-refractivity contribution in [1.29, 1.82) is 0 Å². The third-order valence-corrected chi connectivity index (χ3v) is 5.93. The van der Waals surface area contributed by atoms with Crippen LogP contribution in [0.5, 0.6) is 0 Å². The summed E-state index contributed by atoms with van der Waals surface area (Å²) in [4.78, 5) is 33.0. The fraction of sp³-hybridized carbons (Fsp3) is 0.263. The largest absolute Gasteiger partial charge is 0.354 e. The number of aromatic nitrogens is 3. The van der Waals surface area contributed by atoms with Crippen LogP contribution < -0.4 is 5.32 Å². The summed E-state index contributed by atoms with van der Waals surface area (Å²) in [7, 11) is 1.62. The molecule has 2 aromatic heterocycles. The van der Waals surface area contributed by atoms with E-state index in [0.29, 0.717) is 22.8 Å². The molecule has 0 saturated carbocycles. The van der Waals surface area contributed by atoms with Crippen molar-refractivity contribution in [1.82, 2.24) is 25.4 Å². The summed E-state index contributed by atoms with van der Waals surface area (Å²) in [5.41, 5.74) is 1.34. The average molecular weight is 381 g/mol. The van der Waals surface area contributed by atoms with E-state index in [4.69, 9.17) is 0 Å². The van der Waals surface area contributed by atoms with E-state index in [2.05, 4.69) is 20.5 Å². The SMILES string of the molecule is CNC(=O)c1ccc([C@H]2CCCN2C(=O)c2ccccc2-c2ncn[nH]2)s1. The summed E-state index contributed by atoms with van der Waals surface area (Å²) in [6.07, 6.45) is 3.26. The van der Waals surface area contributed by atoms with Crippen LogP contribution in [-0.4, -0.2) is 45.5 Å². The first-order valence-corrected chi connectivity index (χ1v) is 9.58. The van der Waals surface area contributed by atoms with Gasteiger partial charge in [-0.25, -0.2) is 4.98 Å². The maximum Gasteiger partial charge on any atom is 0.261 e. The lowest BCUT2D eigenvalue weighted by Crippen LogP contribution is -2.30. The summed E-state index contributed by atoms with van der Waals surface area (Å²) >= 11 is 1.45. The number of nitrogens with one attached hydrogen (secondary N) is 2. The topological polar surface area (TPSA) is 91.0 Å². The minimum absolute atomic E-state index is 0.0105. The normalized spacial score (nSPS) is 16.5. The molecule has 2 N–H and O–H groups in total. The predicted octanol–water partition coefficient (Wildman–Crippen LogP) is 2.87. The summed E-state index contributed by atoms with van der Waals surface area (Å²) in [6, 6.07) is 11.2. The van der Waals surface area contributed by atoms with Gasteiger partial charge in [0.05, 0.1) is 16.5 Å². The fourth-order valence-electron chi connectivity index (χ4n) is 3.45. The van der Waals surface area contributed by atoms with Gasteiger partial charge in [0.15, 0.2) is 5.82 Å². The highest BCUT2D eigenvalue weighted by Crippen LogP contribution is 2.37. The number of amides is 2. The molecule has 0 radical (unpaired) electrons. The quantitative estimate of drug-likeness (QED) is 0.727. The van der Waals surface area contributed by atoms with Gasteiger partial charge in [0, 0.05) is 24.0 Å². The second kappa shape index (κ2) is 7.32. The Kier molecular flexibility index (Phi) is 4.72. The molecule has 0 spiro atoms. The molecule has 4 rings (SSSR count). The Morgan fingerprint density at radius 2 is 2.11 bits per heavy atom. The van der Waals surface area contributed by atoms with Crippen LogP contribution in [0.25, 0.3) is 11.4 Å². The molecule has 8 heteroatoms. The standard InChI is InChI=1S/C19H19N5O2S/c1-20-18(25)16-9-8-15(27-16)14-7-4-10-24(14)19(26)13-6-3-2-5-12(13)17-21-11-22-23-17/h2-3,5-6,8-9,11,14H,4,7,10H2,1H3,(H,20,25)(H,21,22,23)/t14-/m1/s1. The molecule has 1 aliphatic rings. The minimum Gasteiger partial charge on any atom is -0.354 e. The number of rotatable bonds is 4. The molecule has 1 saturated heterocycles. The number of aromatic amines is 1. The van der Waals surface area contributed by atoms with Gasteiger partial charge in [0.25, 0.3) is 11.8 Å². The van der Waals surface area contributed by atoms with Crippen molar-refractivity contribution in [3.8, 4) is 11.4 Å². The van der Waals surface area contributed by atoms with Crippen LogP contribution in [0.1, 0.15) is 43.8 Å². The van der Waals surface area contributed by atoms with E-state index < -0.39 is 0 Å². The number of carbonyl (C=O) groups is 2. The third-order valence-electron chi connectivity index (χ3n) is 4.75. The molecular formula is C19H19N5O2S. The monoisotopic (exact) mass is 381 g/mol. The van der Waals surface area contributed by atoms with Crippen LogP contribution in [-0.2, 0) is 0 Å². The number of hydrogen-bond acceptors (Lipinski definition) is 5. The fourth-order valence-corrected chi connectivity index (χ4v) is 4.55. The van der Waals surface area contributed by atoms with Gasteiger partial charge in [0.2, 0.25) is 0 Å². The van der Waals surface area contributed by atoms with Crippen LogP contribution in [0.3, 0.4) is 0 Å². The third kappa shape index (κ3) is 3.23. The molecule has 2 amide bonds. The van der Waals surface area contributed by atoms with E-state index in [1.807, 2.05) is 41.3 Å². The summed E-state index contributed by atoms with van der Waals surface area (Å²) < 4.78 is 0. The maximum absolute atomic E-state index is 13.3. The van der Waals surface area contributed by atoms with E-state index in [1.54, 1.807) is 7.05 Å².